The van der Waals surface area contributed by atoms with Crippen molar-refractivity contribution in [3.8, 4) is 0 Å². The summed E-state index contributed by atoms with van der Waals surface area (Å²) in [7, 11) is 5.93. The van der Waals surface area contributed by atoms with Crippen molar-refractivity contribution in [2.75, 3.05) is 32.7 Å². The van der Waals surface area contributed by atoms with Crippen molar-refractivity contribution in [1.82, 2.24) is 0 Å². The van der Waals surface area contributed by atoms with E-state index in [9.17, 15) is 0 Å². The van der Waals surface area contributed by atoms with Crippen molar-refractivity contribution < 1.29 is 14.2 Å². The van der Waals surface area contributed by atoms with Gasteiger partial charge < -0.3 is 14.2 Å². The van der Waals surface area contributed by atoms with Crippen LogP contribution in [0.3, 0.4) is 0 Å². The molecule has 0 aliphatic rings. The lowest BCUT2D eigenvalue weighted by Gasteiger charge is -2.16. The van der Waals surface area contributed by atoms with E-state index in [0.717, 1.165) is 13.0 Å². The molecule has 0 bridgehead atoms. The van der Waals surface area contributed by atoms with Gasteiger partial charge >= 0.3 is 0 Å². The topological polar surface area (TPSA) is 27.7 Å². The lowest BCUT2D eigenvalue weighted by atomic mass is 10.2. The van der Waals surface area contributed by atoms with Crippen LogP contribution in [0.1, 0.15) is 0 Å². The number of hydrogen-bond acceptors (Lipinski definition) is 3. The zero-order valence-electron chi connectivity index (χ0n) is 8.34. The Morgan fingerprint density at radius 1 is 0.833 bits per heavy atom. The Bertz CT molecular complexity index is 86.1. The lowest BCUT2D eigenvalue weighted by Crippen LogP contribution is -2.26. The molecular weight excluding hydrogens is 152 g/mol. The maximum Gasteiger partial charge on any atom is 0.135 e. The van der Waals surface area contributed by atoms with E-state index in [4.69, 9.17) is 14.2 Å². The normalized spacial score (nSPS) is 10.8. The van der Waals surface area contributed by atoms with E-state index < -0.39 is 0 Å². The van der Waals surface area contributed by atoms with Crippen LogP contribution in [0.25, 0.3) is 0 Å². The Labute approximate surface area is 77.4 Å². The van der Waals surface area contributed by atoms with Crippen molar-refractivity contribution in [3.63, 3.8) is 0 Å². The first-order chi connectivity index (χ1) is 5.85. The van der Waals surface area contributed by atoms with Gasteiger partial charge in [0.1, 0.15) is 29.6 Å². The smallest absolute Gasteiger partial charge is 0.135 e. The van der Waals surface area contributed by atoms with Crippen molar-refractivity contribution >= 4 is 23.5 Å². The van der Waals surface area contributed by atoms with Gasteiger partial charge in [-0.2, -0.15) is 0 Å². The van der Waals surface area contributed by atoms with Gasteiger partial charge in [0.25, 0.3) is 0 Å². The molecule has 0 aliphatic heterocycles. The monoisotopic (exact) mass is 170 g/mol. The van der Waals surface area contributed by atoms with Crippen molar-refractivity contribution in [3.05, 3.63) is 0 Å². The Morgan fingerprint density at radius 3 is 1.67 bits per heavy atom. The molecule has 0 heterocycles. The second kappa shape index (κ2) is 9.17. The molecule has 0 atom stereocenters. The fourth-order valence-corrected chi connectivity index (χ4v) is 0.879. The summed E-state index contributed by atoms with van der Waals surface area (Å²) in [5, 5.41) is 0. The van der Waals surface area contributed by atoms with Crippen molar-refractivity contribution in [2.45, 2.75) is 6.10 Å². The van der Waals surface area contributed by atoms with E-state index in [1.54, 1.807) is 0 Å². The second-order valence-electron chi connectivity index (χ2n) is 2.40. The first kappa shape index (κ1) is 12.1. The highest BCUT2D eigenvalue weighted by Gasteiger charge is 2.07. The third-order valence-electron chi connectivity index (χ3n) is 1.42. The SMILES string of the molecule is BCOCC(COCB)OCB. The number of hydrogen-bond donors (Lipinski definition) is 0. The minimum Gasteiger partial charge on any atom is -0.388 e. The van der Waals surface area contributed by atoms with Gasteiger partial charge in [-0.05, 0) is 0 Å². The average Bonchev–Trinajstić information content (AvgIpc) is 2.10. The van der Waals surface area contributed by atoms with Crippen LogP contribution in [0.2, 0.25) is 0 Å². The van der Waals surface area contributed by atoms with Crippen LogP contribution in [-0.2, 0) is 14.2 Å². The van der Waals surface area contributed by atoms with Crippen molar-refractivity contribution in [1.29, 1.82) is 0 Å². The van der Waals surface area contributed by atoms with Gasteiger partial charge in [0.2, 0.25) is 0 Å². The number of rotatable bonds is 8. The summed E-state index contributed by atoms with van der Waals surface area (Å²) in [6, 6.07) is 0. The molecule has 0 spiro atoms. The summed E-state index contributed by atoms with van der Waals surface area (Å²) >= 11 is 0. The molecular formula is C6H17B3O3. The summed E-state index contributed by atoms with van der Waals surface area (Å²) in [5.74, 6) is 0. The van der Waals surface area contributed by atoms with E-state index in [1.807, 2.05) is 23.5 Å². The quantitative estimate of drug-likeness (QED) is 0.367. The van der Waals surface area contributed by atoms with Gasteiger partial charge in [0, 0.05) is 19.5 Å². The molecule has 0 saturated heterocycles. The number of ether oxygens (including phenoxy) is 3. The summed E-state index contributed by atoms with van der Waals surface area (Å²) < 4.78 is 15.9. The Balaban J connectivity index is 3.40. The molecule has 0 N–H and O–H groups in total. The Kier molecular flexibility index (Phi) is 9.22. The highest BCUT2D eigenvalue weighted by Crippen LogP contribution is 1.93. The van der Waals surface area contributed by atoms with Gasteiger partial charge in [0.15, 0.2) is 0 Å². The summed E-state index contributed by atoms with van der Waals surface area (Å²) in [4.78, 5) is 0. The molecule has 0 aliphatic carbocycles. The molecule has 0 unspecified atom stereocenters. The van der Waals surface area contributed by atoms with Crippen LogP contribution >= 0.6 is 0 Å². The van der Waals surface area contributed by atoms with Crippen LogP contribution in [0.15, 0.2) is 0 Å². The summed E-state index contributed by atoms with van der Waals surface area (Å²) in [6.45, 7) is 3.44. The van der Waals surface area contributed by atoms with Crippen LogP contribution in [-0.4, -0.2) is 62.4 Å². The maximum absolute atomic E-state index is 5.40. The fraction of sp³-hybridized carbons (Fsp3) is 1.00. The zero-order valence-corrected chi connectivity index (χ0v) is 8.34. The molecule has 0 saturated carbocycles. The fourth-order valence-electron chi connectivity index (χ4n) is 0.879. The van der Waals surface area contributed by atoms with Crippen LogP contribution in [0, 0.1) is 0 Å². The maximum atomic E-state index is 5.40. The van der Waals surface area contributed by atoms with Crippen molar-refractivity contribution in [2.24, 2.45) is 0 Å². The highest BCUT2D eigenvalue weighted by atomic mass is 16.6. The molecule has 6 heteroatoms. The predicted octanol–water partition coefficient (Wildman–Crippen LogP) is -2.82. The van der Waals surface area contributed by atoms with Crippen LogP contribution in [0.4, 0.5) is 0 Å². The van der Waals surface area contributed by atoms with Gasteiger partial charge in [0.05, 0.1) is 13.2 Å². The Hall–Kier alpha value is 0.0748. The predicted molar refractivity (Wildman–Crippen MR) is 57.0 cm³/mol. The largest absolute Gasteiger partial charge is 0.388 e. The summed E-state index contributed by atoms with van der Waals surface area (Å²) in [5.41, 5.74) is 0. The summed E-state index contributed by atoms with van der Waals surface area (Å²) in [6.07, 6.45) is 0.0925. The van der Waals surface area contributed by atoms with E-state index in [-0.39, 0.29) is 6.10 Å². The molecule has 0 fully saturated rings. The zero-order chi connectivity index (χ0) is 9.23. The van der Waals surface area contributed by atoms with Crippen LogP contribution in [0.5, 0.6) is 0 Å². The molecule has 0 aromatic rings. The highest BCUT2D eigenvalue weighted by molar-refractivity contribution is 6.08. The molecule has 0 aromatic carbocycles. The third-order valence-corrected chi connectivity index (χ3v) is 1.42. The molecule has 0 radical (unpaired) electrons. The molecule has 12 heavy (non-hydrogen) atoms. The first-order valence-corrected chi connectivity index (χ1v) is 4.62. The van der Waals surface area contributed by atoms with Gasteiger partial charge in [-0.1, -0.05) is 0 Å². The molecule has 0 aromatic heterocycles. The molecule has 3 nitrogen and oxygen atoms in total. The van der Waals surface area contributed by atoms with Gasteiger partial charge in [-0.25, -0.2) is 0 Å². The molecule has 0 amide bonds. The van der Waals surface area contributed by atoms with E-state index in [1.165, 1.54) is 0 Å². The standard InChI is InChI=1S/C6H17B3O3/c7-3-10-1-6(12-5-9)2-11-4-8/h6H,1-5,7-9H2. The molecule has 0 rings (SSSR count). The second-order valence-corrected chi connectivity index (χ2v) is 2.40. The third kappa shape index (κ3) is 6.76. The minimum atomic E-state index is 0.0925. The van der Waals surface area contributed by atoms with Gasteiger partial charge in [-0.15, -0.1) is 0 Å². The first-order valence-electron chi connectivity index (χ1n) is 4.62. The average molecular weight is 170 g/mol. The van der Waals surface area contributed by atoms with Gasteiger partial charge in [-0.3, -0.25) is 0 Å². The minimum absolute atomic E-state index is 0.0925. The van der Waals surface area contributed by atoms with E-state index in [2.05, 4.69) is 0 Å². The van der Waals surface area contributed by atoms with E-state index in [0.29, 0.717) is 19.7 Å². The van der Waals surface area contributed by atoms with E-state index >= 15 is 0 Å². The molecule has 68 valence electrons. The lowest BCUT2D eigenvalue weighted by molar-refractivity contribution is -0.0319. The van der Waals surface area contributed by atoms with Crippen LogP contribution < -0.4 is 0 Å². The Morgan fingerprint density at radius 2 is 1.33 bits per heavy atom.